The Hall–Kier alpha value is -2.03. The number of nitrogens with one attached hydrogen (secondary N) is 2. The van der Waals surface area contributed by atoms with Crippen LogP contribution in [0.25, 0.3) is 0 Å². The lowest BCUT2D eigenvalue weighted by Gasteiger charge is -2.13. The van der Waals surface area contributed by atoms with Gasteiger partial charge < -0.3 is 10.6 Å². The van der Waals surface area contributed by atoms with E-state index in [1.54, 1.807) is 6.92 Å². The topological polar surface area (TPSA) is 114 Å². The summed E-state index contributed by atoms with van der Waals surface area (Å²) in [5.74, 6) is 0.0891. The lowest BCUT2D eigenvalue weighted by atomic mass is 10.2. The van der Waals surface area contributed by atoms with Gasteiger partial charge in [-0.3, -0.25) is 19.1 Å². The first-order valence-electron chi connectivity index (χ1n) is 6.34. The zero-order chi connectivity index (χ0) is 16.0. The van der Waals surface area contributed by atoms with Gasteiger partial charge in [0.25, 0.3) is 11.6 Å². The van der Waals surface area contributed by atoms with Crippen molar-refractivity contribution in [2.75, 3.05) is 23.9 Å². The molecule has 1 aromatic rings. The molecule has 9 heteroatoms. The maximum Gasteiger partial charge on any atom is 0.300 e. The second-order valence-electron chi connectivity index (χ2n) is 4.49. The summed E-state index contributed by atoms with van der Waals surface area (Å²) in [6.07, 6.45) is 2.58. The third-order valence-corrected chi connectivity index (χ3v) is 3.51. The van der Waals surface area contributed by atoms with E-state index < -0.39 is 21.6 Å². The average molecular weight is 314 g/mol. The van der Waals surface area contributed by atoms with E-state index in [4.69, 9.17) is 0 Å². The van der Waals surface area contributed by atoms with Crippen LogP contribution in [0.4, 0.5) is 11.5 Å². The summed E-state index contributed by atoms with van der Waals surface area (Å²) in [5.41, 5.74) is -0.432. The highest BCUT2D eigenvalue weighted by Crippen LogP contribution is 2.20. The van der Waals surface area contributed by atoms with Crippen LogP contribution >= 0.6 is 0 Å². The van der Waals surface area contributed by atoms with E-state index in [1.807, 2.05) is 6.92 Å². The molecule has 0 aromatic carbocycles. The smallest absolute Gasteiger partial charge is 0.300 e. The number of nitro groups is 1. The highest BCUT2D eigenvalue weighted by atomic mass is 32.2. The number of hydrogen-bond donors (Lipinski definition) is 2. The Morgan fingerprint density at radius 3 is 2.76 bits per heavy atom. The van der Waals surface area contributed by atoms with Crippen molar-refractivity contribution in [1.29, 1.82) is 0 Å². The molecule has 2 atom stereocenters. The SMILES string of the molecule is CCNc1cc(C(=O)NC(C)CS(C)=O)c([N+](=O)[O-])cn1. The van der Waals surface area contributed by atoms with Crippen molar-refractivity contribution in [3.05, 3.63) is 27.9 Å². The Balaban J connectivity index is 3.01. The van der Waals surface area contributed by atoms with Crippen molar-refractivity contribution < 1.29 is 13.9 Å². The zero-order valence-corrected chi connectivity index (χ0v) is 12.9. The minimum atomic E-state index is -1.06. The maximum absolute atomic E-state index is 12.1. The van der Waals surface area contributed by atoms with Gasteiger partial charge in [-0.25, -0.2) is 4.98 Å². The summed E-state index contributed by atoms with van der Waals surface area (Å²) >= 11 is 0. The number of anilines is 1. The van der Waals surface area contributed by atoms with Crippen LogP contribution in [0.2, 0.25) is 0 Å². The number of amides is 1. The Morgan fingerprint density at radius 2 is 2.24 bits per heavy atom. The molecular formula is C12H18N4O4S. The molecule has 2 unspecified atom stereocenters. The molecule has 1 heterocycles. The van der Waals surface area contributed by atoms with Gasteiger partial charge in [-0.05, 0) is 13.8 Å². The summed E-state index contributed by atoms with van der Waals surface area (Å²) < 4.78 is 11.1. The van der Waals surface area contributed by atoms with Gasteiger partial charge in [0, 0.05) is 41.5 Å². The zero-order valence-electron chi connectivity index (χ0n) is 12.1. The quantitative estimate of drug-likeness (QED) is 0.571. The second kappa shape index (κ2) is 7.67. The highest BCUT2D eigenvalue weighted by molar-refractivity contribution is 7.84. The van der Waals surface area contributed by atoms with E-state index in [9.17, 15) is 19.1 Å². The van der Waals surface area contributed by atoms with Gasteiger partial charge in [0.05, 0.1) is 4.92 Å². The molecule has 21 heavy (non-hydrogen) atoms. The summed E-state index contributed by atoms with van der Waals surface area (Å²) in [5, 5.41) is 16.5. The van der Waals surface area contributed by atoms with Gasteiger partial charge >= 0.3 is 0 Å². The first kappa shape index (κ1) is 17.0. The first-order valence-corrected chi connectivity index (χ1v) is 8.07. The van der Waals surface area contributed by atoms with Crippen LogP contribution in [0.3, 0.4) is 0 Å². The monoisotopic (exact) mass is 314 g/mol. The van der Waals surface area contributed by atoms with E-state index in [1.165, 1.54) is 12.3 Å². The highest BCUT2D eigenvalue weighted by Gasteiger charge is 2.22. The predicted molar refractivity (Wildman–Crippen MR) is 80.9 cm³/mol. The molecule has 0 radical (unpaired) electrons. The van der Waals surface area contributed by atoms with E-state index in [0.717, 1.165) is 6.20 Å². The largest absolute Gasteiger partial charge is 0.370 e. The fourth-order valence-corrected chi connectivity index (χ4v) is 2.54. The van der Waals surface area contributed by atoms with Crippen LogP contribution in [0.1, 0.15) is 24.2 Å². The maximum atomic E-state index is 12.1. The molecule has 0 saturated heterocycles. The Labute approximate surface area is 124 Å². The molecule has 0 saturated carbocycles. The number of hydrogen-bond acceptors (Lipinski definition) is 6. The fraction of sp³-hybridized carbons (Fsp3) is 0.500. The summed E-state index contributed by atoms with van der Waals surface area (Å²) in [7, 11) is -1.06. The number of carbonyl (C=O) groups excluding carboxylic acids is 1. The molecule has 1 rings (SSSR count). The molecule has 1 amide bonds. The standard InChI is InChI=1S/C12H18N4O4S/c1-4-13-11-5-9(10(6-14-11)16(18)19)12(17)15-8(2)7-21(3)20/h5-6,8H,4,7H2,1-3H3,(H,13,14)(H,15,17). The fourth-order valence-electron chi connectivity index (χ4n) is 1.75. The number of aromatic nitrogens is 1. The summed E-state index contributed by atoms with van der Waals surface area (Å²) in [4.78, 5) is 26.4. The molecule has 0 fully saturated rings. The number of nitrogens with zero attached hydrogens (tertiary/aromatic N) is 2. The molecule has 1 aromatic heterocycles. The molecule has 0 aliphatic heterocycles. The van der Waals surface area contributed by atoms with Gasteiger partial charge in [0.15, 0.2) is 0 Å². The van der Waals surface area contributed by atoms with Crippen molar-refractivity contribution >= 4 is 28.2 Å². The number of pyridine rings is 1. The minimum absolute atomic E-state index is 0.0697. The van der Waals surface area contributed by atoms with Gasteiger partial charge in [-0.2, -0.15) is 0 Å². The Bertz CT molecular complexity index is 564. The van der Waals surface area contributed by atoms with Crippen LogP contribution < -0.4 is 10.6 Å². The van der Waals surface area contributed by atoms with Crippen molar-refractivity contribution in [1.82, 2.24) is 10.3 Å². The normalized spacial score (nSPS) is 13.3. The molecule has 0 spiro atoms. The molecule has 8 nitrogen and oxygen atoms in total. The number of rotatable bonds is 7. The molecule has 0 bridgehead atoms. The van der Waals surface area contributed by atoms with Crippen molar-refractivity contribution in [2.45, 2.75) is 19.9 Å². The lowest BCUT2D eigenvalue weighted by Crippen LogP contribution is -2.36. The van der Waals surface area contributed by atoms with E-state index >= 15 is 0 Å². The van der Waals surface area contributed by atoms with Crippen LogP contribution in [0.15, 0.2) is 12.3 Å². The van der Waals surface area contributed by atoms with Crippen LogP contribution in [0.5, 0.6) is 0 Å². The van der Waals surface area contributed by atoms with Gasteiger partial charge in [-0.1, -0.05) is 0 Å². The van der Waals surface area contributed by atoms with Crippen molar-refractivity contribution in [2.24, 2.45) is 0 Å². The minimum Gasteiger partial charge on any atom is -0.370 e. The predicted octanol–water partition coefficient (Wildman–Crippen LogP) is 0.918. The third kappa shape index (κ3) is 5.10. The van der Waals surface area contributed by atoms with Crippen LogP contribution in [0, 0.1) is 10.1 Å². The Kier molecular flexibility index (Phi) is 6.22. The molecule has 0 aliphatic rings. The molecule has 116 valence electrons. The van der Waals surface area contributed by atoms with E-state index in [2.05, 4.69) is 15.6 Å². The lowest BCUT2D eigenvalue weighted by molar-refractivity contribution is -0.385. The van der Waals surface area contributed by atoms with Gasteiger partial charge in [-0.15, -0.1) is 0 Å². The summed E-state index contributed by atoms with van der Waals surface area (Å²) in [6, 6.07) is 0.991. The molecule has 0 aliphatic carbocycles. The third-order valence-electron chi connectivity index (χ3n) is 2.54. The van der Waals surface area contributed by atoms with Crippen molar-refractivity contribution in [3.63, 3.8) is 0 Å². The Morgan fingerprint density at radius 1 is 1.57 bits per heavy atom. The van der Waals surface area contributed by atoms with Crippen LogP contribution in [-0.2, 0) is 10.8 Å². The average Bonchev–Trinajstić information content (AvgIpc) is 2.37. The summed E-state index contributed by atoms with van der Waals surface area (Å²) in [6.45, 7) is 4.12. The molecule has 2 N–H and O–H groups in total. The van der Waals surface area contributed by atoms with Gasteiger partial charge in [0.1, 0.15) is 17.6 Å². The van der Waals surface area contributed by atoms with E-state index in [-0.39, 0.29) is 23.0 Å². The van der Waals surface area contributed by atoms with E-state index in [0.29, 0.717) is 12.4 Å². The second-order valence-corrected chi connectivity index (χ2v) is 5.97. The number of carbonyl (C=O) groups is 1. The van der Waals surface area contributed by atoms with Crippen molar-refractivity contribution in [3.8, 4) is 0 Å². The van der Waals surface area contributed by atoms with Gasteiger partial charge in [0.2, 0.25) is 0 Å². The molecular weight excluding hydrogens is 296 g/mol. The van der Waals surface area contributed by atoms with Crippen LogP contribution in [-0.4, -0.2) is 44.6 Å². The first-order chi connectivity index (χ1) is 9.85.